The van der Waals surface area contributed by atoms with Crippen LogP contribution in [0.15, 0.2) is 42.5 Å². The smallest absolute Gasteiger partial charge is 0.335 e. The molecule has 0 radical (unpaired) electrons. The first-order valence-electron chi connectivity index (χ1n) is 6.50. The van der Waals surface area contributed by atoms with Gasteiger partial charge in [-0.1, -0.05) is 29.8 Å². The molecule has 2 aromatic carbocycles. The number of rotatable bonds is 2. The fourth-order valence-corrected chi connectivity index (χ4v) is 2.80. The molecule has 106 valence electrons. The van der Waals surface area contributed by atoms with Crippen molar-refractivity contribution in [3.05, 3.63) is 64.2 Å². The highest BCUT2D eigenvalue weighted by Gasteiger charge is 2.26. The van der Waals surface area contributed by atoms with Gasteiger partial charge in [0.2, 0.25) is 0 Å². The number of aromatic carboxylic acids is 1. The quantitative estimate of drug-likeness (QED) is 0.926. The number of carbonyl (C=O) groups excluding carboxylic acids is 1. The van der Waals surface area contributed by atoms with E-state index in [0.29, 0.717) is 17.8 Å². The average Bonchev–Trinajstić information content (AvgIpc) is 2.48. The minimum atomic E-state index is -1.04. The summed E-state index contributed by atoms with van der Waals surface area (Å²) in [7, 11) is 0. The first kappa shape index (κ1) is 13.6. The summed E-state index contributed by atoms with van der Waals surface area (Å²) in [5, 5.41) is 9.22. The first-order chi connectivity index (χ1) is 10.1. The van der Waals surface area contributed by atoms with Crippen LogP contribution >= 0.6 is 11.6 Å². The van der Waals surface area contributed by atoms with Crippen LogP contribution in [0.25, 0.3) is 0 Å². The Hall–Kier alpha value is -2.33. The van der Waals surface area contributed by atoms with Gasteiger partial charge in [0.15, 0.2) is 0 Å². The standard InChI is InChI=1S/C16H12ClNO3/c17-13-9-11(16(20)21)5-6-14(13)18-8-7-10-3-1-2-4-12(10)15(18)19/h1-6,9H,7-8H2,(H,20,21). The van der Waals surface area contributed by atoms with E-state index in [-0.39, 0.29) is 16.5 Å². The zero-order valence-corrected chi connectivity index (χ0v) is 11.8. The van der Waals surface area contributed by atoms with Gasteiger partial charge < -0.3 is 10.0 Å². The lowest BCUT2D eigenvalue weighted by Gasteiger charge is -2.29. The van der Waals surface area contributed by atoms with Crippen LogP contribution < -0.4 is 4.90 Å². The van der Waals surface area contributed by atoms with Crippen molar-refractivity contribution < 1.29 is 14.7 Å². The van der Waals surface area contributed by atoms with Crippen LogP contribution in [0.1, 0.15) is 26.3 Å². The van der Waals surface area contributed by atoms with E-state index in [1.165, 1.54) is 12.1 Å². The monoisotopic (exact) mass is 301 g/mol. The number of amides is 1. The summed E-state index contributed by atoms with van der Waals surface area (Å²) >= 11 is 6.14. The van der Waals surface area contributed by atoms with Gasteiger partial charge in [0.1, 0.15) is 0 Å². The molecule has 1 amide bonds. The maximum atomic E-state index is 12.5. The van der Waals surface area contributed by atoms with E-state index in [1.54, 1.807) is 17.0 Å². The predicted octanol–water partition coefficient (Wildman–Crippen LogP) is 3.24. The number of carboxylic acid groups (broad SMARTS) is 1. The van der Waals surface area contributed by atoms with Crippen molar-refractivity contribution >= 4 is 29.2 Å². The molecule has 0 saturated carbocycles. The summed E-state index contributed by atoms with van der Waals surface area (Å²) in [6.45, 7) is 0.530. The third-order valence-electron chi connectivity index (χ3n) is 3.58. The fraction of sp³-hybridized carbons (Fsp3) is 0.125. The Morgan fingerprint density at radius 2 is 1.95 bits per heavy atom. The second kappa shape index (κ2) is 5.22. The van der Waals surface area contributed by atoms with E-state index in [9.17, 15) is 9.59 Å². The van der Waals surface area contributed by atoms with Crippen molar-refractivity contribution in [2.45, 2.75) is 6.42 Å². The lowest BCUT2D eigenvalue weighted by molar-refractivity contribution is 0.0696. The molecule has 4 nitrogen and oxygen atoms in total. The number of hydrogen-bond acceptors (Lipinski definition) is 2. The first-order valence-corrected chi connectivity index (χ1v) is 6.88. The van der Waals surface area contributed by atoms with Crippen LogP contribution in [-0.2, 0) is 6.42 Å². The van der Waals surface area contributed by atoms with Crippen molar-refractivity contribution in [3.8, 4) is 0 Å². The minimum Gasteiger partial charge on any atom is -0.478 e. The van der Waals surface area contributed by atoms with Crippen LogP contribution in [0.3, 0.4) is 0 Å². The molecule has 0 spiro atoms. The van der Waals surface area contributed by atoms with Crippen molar-refractivity contribution in [3.63, 3.8) is 0 Å². The highest BCUT2D eigenvalue weighted by atomic mass is 35.5. The fourth-order valence-electron chi connectivity index (χ4n) is 2.51. The van der Waals surface area contributed by atoms with Crippen LogP contribution in [0.2, 0.25) is 5.02 Å². The van der Waals surface area contributed by atoms with E-state index < -0.39 is 5.97 Å². The Kier molecular flexibility index (Phi) is 3.39. The van der Waals surface area contributed by atoms with Crippen molar-refractivity contribution in [2.24, 2.45) is 0 Å². The van der Waals surface area contributed by atoms with E-state index >= 15 is 0 Å². The van der Waals surface area contributed by atoms with Crippen LogP contribution in [0, 0.1) is 0 Å². The molecule has 1 aliphatic rings. The van der Waals surface area contributed by atoms with E-state index in [2.05, 4.69) is 0 Å². The van der Waals surface area contributed by atoms with Gasteiger partial charge in [-0.15, -0.1) is 0 Å². The summed E-state index contributed by atoms with van der Waals surface area (Å²) in [5.74, 6) is -1.15. The largest absolute Gasteiger partial charge is 0.478 e. The normalized spacial score (nSPS) is 14.0. The molecule has 1 N–H and O–H groups in total. The molecule has 5 heteroatoms. The van der Waals surface area contributed by atoms with Gasteiger partial charge in [-0.3, -0.25) is 4.79 Å². The highest BCUT2D eigenvalue weighted by molar-refractivity contribution is 6.34. The number of nitrogens with zero attached hydrogens (tertiary/aromatic N) is 1. The minimum absolute atomic E-state index is 0.105. The maximum Gasteiger partial charge on any atom is 0.335 e. The predicted molar refractivity (Wildman–Crippen MR) is 80.2 cm³/mol. The number of carbonyl (C=O) groups is 2. The van der Waals surface area contributed by atoms with Gasteiger partial charge in [0.25, 0.3) is 5.91 Å². The van der Waals surface area contributed by atoms with Gasteiger partial charge in [0, 0.05) is 12.1 Å². The number of anilines is 1. The molecule has 0 bridgehead atoms. The van der Waals surface area contributed by atoms with Crippen molar-refractivity contribution in [1.29, 1.82) is 0 Å². The van der Waals surface area contributed by atoms with E-state index in [1.807, 2.05) is 18.2 Å². The SMILES string of the molecule is O=C(O)c1ccc(N2CCc3ccccc3C2=O)c(Cl)c1. The van der Waals surface area contributed by atoms with Gasteiger partial charge in [-0.2, -0.15) is 0 Å². The molecule has 0 saturated heterocycles. The Bertz CT molecular complexity index is 742. The third-order valence-corrected chi connectivity index (χ3v) is 3.89. The maximum absolute atomic E-state index is 12.5. The number of benzene rings is 2. The summed E-state index contributed by atoms with van der Waals surface area (Å²) in [5.41, 5.74) is 2.34. The van der Waals surface area contributed by atoms with E-state index in [4.69, 9.17) is 16.7 Å². The zero-order valence-electron chi connectivity index (χ0n) is 11.0. The molecule has 0 fully saturated rings. The molecule has 21 heavy (non-hydrogen) atoms. The molecular weight excluding hydrogens is 290 g/mol. The topological polar surface area (TPSA) is 57.6 Å². The van der Waals surface area contributed by atoms with Gasteiger partial charge >= 0.3 is 5.97 Å². The number of hydrogen-bond donors (Lipinski definition) is 1. The van der Waals surface area contributed by atoms with Crippen LogP contribution in [0.5, 0.6) is 0 Å². The third kappa shape index (κ3) is 2.38. The Balaban J connectivity index is 1.99. The Morgan fingerprint density at radius 3 is 2.67 bits per heavy atom. The summed E-state index contributed by atoms with van der Waals surface area (Å²) < 4.78 is 0. The molecule has 0 atom stereocenters. The molecular formula is C16H12ClNO3. The highest BCUT2D eigenvalue weighted by Crippen LogP contribution is 2.31. The van der Waals surface area contributed by atoms with Crippen LogP contribution in [0.4, 0.5) is 5.69 Å². The zero-order chi connectivity index (χ0) is 15.0. The second-order valence-corrected chi connectivity index (χ2v) is 5.24. The van der Waals surface area contributed by atoms with Crippen molar-refractivity contribution in [2.75, 3.05) is 11.4 Å². The Morgan fingerprint density at radius 1 is 1.19 bits per heavy atom. The molecule has 0 aromatic heterocycles. The lowest BCUT2D eigenvalue weighted by atomic mass is 9.98. The lowest BCUT2D eigenvalue weighted by Crippen LogP contribution is -2.37. The number of fused-ring (bicyclic) bond motifs is 1. The molecule has 2 aromatic rings. The molecule has 1 heterocycles. The summed E-state index contributed by atoms with van der Waals surface area (Å²) in [6, 6.07) is 11.9. The molecule has 0 aliphatic carbocycles. The second-order valence-electron chi connectivity index (χ2n) is 4.84. The van der Waals surface area contributed by atoms with E-state index in [0.717, 1.165) is 12.0 Å². The number of carboxylic acids is 1. The summed E-state index contributed by atoms with van der Waals surface area (Å²) in [4.78, 5) is 25.1. The molecule has 3 rings (SSSR count). The summed E-state index contributed by atoms with van der Waals surface area (Å²) in [6.07, 6.45) is 0.749. The average molecular weight is 302 g/mol. The van der Waals surface area contributed by atoms with Gasteiger partial charge in [-0.05, 0) is 36.2 Å². The Labute approximate surface area is 126 Å². The van der Waals surface area contributed by atoms with Crippen molar-refractivity contribution in [1.82, 2.24) is 0 Å². The van der Waals surface area contributed by atoms with Crippen LogP contribution in [-0.4, -0.2) is 23.5 Å². The molecule has 1 aliphatic heterocycles. The number of halogens is 1. The van der Waals surface area contributed by atoms with Gasteiger partial charge in [-0.25, -0.2) is 4.79 Å². The molecule has 0 unspecified atom stereocenters. The van der Waals surface area contributed by atoms with Gasteiger partial charge in [0.05, 0.1) is 16.3 Å².